The normalized spacial score (nSPS) is 10.5. The first-order valence-electron chi connectivity index (χ1n) is 5.79. The molecule has 0 atom stereocenters. The molecule has 0 amide bonds. The second-order valence-corrected chi connectivity index (χ2v) is 4.44. The summed E-state index contributed by atoms with van der Waals surface area (Å²) in [5.41, 5.74) is 4.49. The van der Waals surface area contributed by atoms with E-state index < -0.39 is 0 Å². The third-order valence-corrected chi connectivity index (χ3v) is 2.94. The Kier molecular flexibility index (Phi) is 3.38. The number of rotatable bonds is 3. The van der Waals surface area contributed by atoms with Crippen LogP contribution in [-0.2, 0) is 4.79 Å². The van der Waals surface area contributed by atoms with Crippen LogP contribution in [-0.4, -0.2) is 6.29 Å². The fourth-order valence-corrected chi connectivity index (χ4v) is 2.08. The fraction of sp³-hybridized carbons (Fsp3) is 0.188. The van der Waals surface area contributed by atoms with Crippen LogP contribution in [0.1, 0.15) is 28.2 Å². The Morgan fingerprint density at radius 3 is 1.71 bits per heavy atom. The lowest BCUT2D eigenvalue weighted by molar-refractivity contribution is -0.108. The number of carbonyl (C=O) groups excluding carboxylic acids is 1. The van der Waals surface area contributed by atoms with Crippen molar-refractivity contribution in [2.24, 2.45) is 0 Å². The molecule has 0 fully saturated rings. The summed E-state index contributed by atoms with van der Waals surface area (Å²) in [7, 11) is 0. The van der Waals surface area contributed by atoms with Crippen LogP contribution < -0.4 is 0 Å². The quantitative estimate of drug-likeness (QED) is 0.727. The molecule has 0 aliphatic carbocycles. The summed E-state index contributed by atoms with van der Waals surface area (Å²) in [4.78, 5) is 11.3. The number of carbonyl (C=O) groups is 1. The van der Waals surface area contributed by atoms with E-state index in [4.69, 9.17) is 0 Å². The molecule has 86 valence electrons. The number of hydrogen-bond acceptors (Lipinski definition) is 1. The molecule has 0 bridgehead atoms. The summed E-state index contributed by atoms with van der Waals surface area (Å²) in [6, 6.07) is 16.2. The maximum atomic E-state index is 11.3. The molecular weight excluding hydrogens is 208 g/mol. The van der Waals surface area contributed by atoms with Crippen molar-refractivity contribution < 1.29 is 4.79 Å². The smallest absolute Gasteiger partial charge is 0.131 e. The van der Waals surface area contributed by atoms with E-state index in [1.54, 1.807) is 0 Å². The zero-order valence-electron chi connectivity index (χ0n) is 10.2. The number of hydrogen-bond donors (Lipinski definition) is 0. The Morgan fingerprint density at radius 2 is 1.35 bits per heavy atom. The lowest BCUT2D eigenvalue weighted by atomic mass is 9.91. The topological polar surface area (TPSA) is 17.1 Å². The Labute approximate surface area is 102 Å². The van der Waals surface area contributed by atoms with Gasteiger partial charge in [0.1, 0.15) is 6.29 Å². The molecule has 0 heterocycles. The van der Waals surface area contributed by atoms with Crippen LogP contribution in [0.2, 0.25) is 0 Å². The van der Waals surface area contributed by atoms with Crippen molar-refractivity contribution in [3.05, 3.63) is 70.8 Å². The maximum absolute atomic E-state index is 11.3. The van der Waals surface area contributed by atoms with E-state index in [1.165, 1.54) is 11.1 Å². The summed E-state index contributed by atoms with van der Waals surface area (Å²) in [5.74, 6) is -0.158. The van der Waals surface area contributed by atoms with E-state index in [0.717, 1.165) is 17.4 Å². The Balaban J connectivity index is 2.43. The lowest BCUT2D eigenvalue weighted by Gasteiger charge is -2.12. The Morgan fingerprint density at radius 1 is 0.882 bits per heavy atom. The van der Waals surface area contributed by atoms with Gasteiger partial charge in [0.2, 0.25) is 0 Å². The molecule has 1 heteroatoms. The average Bonchev–Trinajstić information content (AvgIpc) is 2.30. The maximum Gasteiger partial charge on any atom is 0.131 e. The molecule has 0 spiro atoms. The van der Waals surface area contributed by atoms with Gasteiger partial charge in [0.15, 0.2) is 0 Å². The summed E-state index contributed by atoms with van der Waals surface area (Å²) in [6.07, 6.45) is 1.02. The van der Waals surface area contributed by atoms with E-state index in [-0.39, 0.29) is 5.92 Å². The fourth-order valence-electron chi connectivity index (χ4n) is 2.08. The zero-order chi connectivity index (χ0) is 12.3. The second kappa shape index (κ2) is 4.96. The van der Waals surface area contributed by atoms with Gasteiger partial charge in [0.25, 0.3) is 0 Å². The minimum atomic E-state index is -0.158. The first-order chi connectivity index (χ1) is 8.20. The molecule has 0 aromatic heterocycles. The van der Waals surface area contributed by atoms with Gasteiger partial charge in [-0.15, -0.1) is 0 Å². The highest BCUT2D eigenvalue weighted by Gasteiger charge is 2.12. The van der Waals surface area contributed by atoms with Gasteiger partial charge < -0.3 is 4.79 Å². The average molecular weight is 224 g/mol. The van der Waals surface area contributed by atoms with Crippen LogP contribution >= 0.6 is 0 Å². The Hall–Kier alpha value is -1.89. The van der Waals surface area contributed by atoms with Crippen LogP contribution in [0.25, 0.3) is 0 Å². The van der Waals surface area contributed by atoms with Crippen molar-refractivity contribution >= 4 is 6.29 Å². The second-order valence-electron chi connectivity index (χ2n) is 4.44. The molecule has 2 rings (SSSR count). The van der Waals surface area contributed by atoms with Crippen molar-refractivity contribution in [3.63, 3.8) is 0 Å². The lowest BCUT2D eigenvalue weighted by Crippen LogP contribution is -2.02. The molecule has 0 saturated carbocycles. The van der Waals surface area contributed by atoms with Gasteiger partial charge in [0, 0.05) is 0 Å². The predicted octanol–water partition coefficient (Wildman–Crippen LogP) is 3.63. The van der Waals surface area contributed by atoms with E-state index >= 15 is 0 Å². The summed E-state index contributed by atoms with van der Waals surface area (Å²) >= 11 is 0. The highest BCUT2D eigenvalue weighted by Crippen LogP contribution is 2.23. The van der Waals surface area contributed by atoms with Crippen LogP contribution in [0.3, 0.4) is 0 Å². The third kappa shape index (κ3) is 2.62. The Bertz CT molecular complexity index is 483. The number of aldehydes is 1. The third-order valence-electron chi connectivity index (χ3n) is 2.94. The first kappa shape index (κ1) is 11.6. The molecule has 2 aromatic rings. The summed E-state index contributed by atoms with van der Waals surface area (Å²) in [5, 5.41) is 0. The number of benzene rings is 2. The highest BCUT2D eigenvalue weighted by atomic mass is 16.1. The highest BCUT2D eigenvalue weighted by molar-refractivity contribution is 5.68. The van der Waals surface area contributed by atoms with Crippen molar-refractivity contribution in [2.75, 3.05) is 0 Å². The molecule has 0 radical (unpaired) electrons. The molecular formula is C16H16O. The molecule has 17 heavy (non-hydrogen) atoms. The summed E-state index contributed by atoms with van der Waals surface area (Å²) < 4.78 is 0. The monoisotopic (exact) mass is 224 g/mol. The van der Waals surface area contributed by atoms with Gasteiger partial charge in [-0.3, -0.25) is 0 Å². The van der Waals surface area contributed by atoms with Crippen LogP contribution in [0.5, 0.6) is 0 Å². The van der Waals surface area contributed by atoms with Crippen molar-refractivity contribution in [1.29, 1.82) is 0 Å². The minimum absolute atomic E-state index is 0.158. The SMILES string of the molecule is Cc1cccc(C(C=O)c2cccc(C)c2)c1. The standard InChI is InChI=1S/C16H16O/c1-12-5-3-7-14(9-12)16(11-17)15-8-4-6-13(2)10-15/h3-11,16H,1-2H3. The van der Waals surface area contributed by atoms with Gasteiger partial charge in [-0.1, -0.05) is 59.7 Å². The largest absolute Gasteiger partial charge is 0.302 e. The van der Waals surface area contributed by atoms with Crippen LogP contribution in [0.4, 0.5) is 0 Å². The van der Waals surface area contributed by atoms with Crippen LogP contribution in [0, 0.1) is 13.8 Å². The van der Waals surface area contributed by atoms with E-state index in [1.807, 2.05) is 50.2 Å². The van der Waals surface area contributed by atoms with Gasteiger partial charge >= 0.3 is 0 Å². The zero-order valence-corrected chi connectivity index (χ0v) is 10.2. The summed E-state index contributed by atoms with van der Waals surface area (Å²) in [6.45, 7) is 4.09. The van der Waals surface area contributed by atoms with Crippen molar-refractivity contribution in [1.82, 2.24) is 0 Å². The minimum Gasteiger partial charge on any atom is -0.302 e. The molecule has 0 unspecified atom stereocenters. The van der Waals surface area contributed by atoms with Crippen molar-refractivity contribution in [2.45, 2.75) is 19.8 Å². The molecule has 2 aromatic carbocycles. The van der Waals surface area contributed by atoms with E-state index in [2.05, 4.69) is 12.1 Å². The molecule has 0 N–H and O–H groups in total. The van der Waals surface area contributed by atoms with E-state index in [0.29, 0.717) is 0 Å². The van der Waals surface area contributed by atoms with Crippen molar-refractivity contribution in [3.8, 4) is 0 Å². The van der Waals surface area contributed by atoms with Crippen LogP contribution in [0.15, 0.2) is 48.5 Å². The van der Waals surface area contributed by atoms with Gasteiger partial charge in [0.05, 0.1) is 5.92 Å². The predicted molar refractivity (Wildman–Crippen MR) is 70.3 cm³/mol. The van der Waals surface area contributed by atoms with E-state index in [9.17, 15) is 4.79 Å². The molecule has 0 aliphatic heterocycles. The van der Waals surface area contributed by atoms with Gasteiger partial charge in [-0.2, -0.15) is 0 Å². The van der Waals surface area contributed by atoms with Gasteiger partial charge in [-0.25, -0.2) is 0 Å². The number of aryl methyl sites for hydroxylation is 2. The van der Waals surface area contributed by atoms with Gasteiger partial charge in [-0.05, 0) is 25.0 Å². The first-order valence-corrected chi connectivity index (χ1v) is 5.79. The molecule has 0 saturated heterocycles. The molecule has 0 aliphatic rings. The molecule has 1 nitrogen and oxygen atoms in total.